The number of fused-ring (bicyclic) bond motifs is 1. The Hall–Kier alpha value is -2.51. The molecule has 0 saturated heterocycles. The number of carbonyl (C=O) groups is 1. The van der Waals surface area contributed by atoms with Crippen LogP contribution in [0.25, 0.3) is 10.9 Å². The second kappa shape index (κ2) is 7.16. The maximum Gasteiger partial charge on any atom is 0.280 e. The number of hydrogen-bond donors (Lipinski definition) is 2. The number of amides is 1. The summed E-state index contributed by atoms with van der Waals surface area (Å²) in [4.78, 5) is 28.8. The second-order valence-corrected chi connectivity index (χ2v) is 6.70. The standard InChI is InChI=1S/C17H15ClN4O2S/c1-10-5-4-7-12(18)15(10)21-14(23)9-25-17-20-13-8-3-2-6-11(13)16(24)22(17)19/h2-8H,9,19H2,1H3,(H,21,23). The van der Waals surface area contributed by atoms with Crippen LogP contribution in [0, 0.1) is 6.92 Å². The van der Waals surface area contributed by atoms with Crippen LogP contribution >= 0.6 is 23.4 Å². The summed E-state index contributed by atoms with van der Waals surface area (Å²) in [6.45, 7) is 1.86. The molecule has 0 spiro atoms. The molecule has 0 aliphatic rings. The molecule has 0 saturated carbocycles. The lowest BCUT2D eigenvalue weighted by Crippen LogP contribution is -2.30. The minimum Gasteiger partial charge on any atom is -0.334 e. The van der Waals surface area contributed by atoms with Crippen LogP contribution in [0.15, 0.2) is 52.4 Å². The molecule has 0 radical (unpaired) electrons. The van der Waals surface area contributed by atoms with E-state index in [1.165, 1.54) is 0 Å². The van der Waals surface area contributed by atoms with Crippen molar-refractivity contribution < 1.29 is 4.79 Å². The average molecular weight is 375 g/mol. The number of aryl methyl sites for hydroxylation is 1. The van der Waals surface area contributed by atoms with Crippen molar-refractivity contribution in [3.63, 3.8) is 0 Å². The monoisotopic (exact) mass is 374 g/mol. The van der Waals surface area contributed by atoms with E-state index in [4.69, 9.17) is 17.4 Å². The number of para-hydroxylation sites is 2. The zero-order chi connectivity index (χ0) is 18.0. The van der Waals surface area contributed by atoms with E-state index in [0.29, 0.717) is 21.6 Å². The van der Waals surface area contributed by atoms with Gasteiger partial charge >= 0.3 is 0 Å². The lowest BCUT2D eigenvalue weighted by atomic mass is 10.2. The number of nitrogen functional groups attached to an aromatic ring is 1. The molecule has 128 valence electrons. The molecule has 0 fully saturated rings. The molecule has 1 amide bonds. The fraction of sp³-hybridized carbons (Fsp3) is 0.118. The van der Waals surface area contributed by atoms with Crippen molar-refractivity contribution in [3.8, 4) is 0 Å². The van der Waals surface area contributed by atoms with Gasteiger partial charge in [0.2, 0.25) is 5.91 Å². The average Bonchev–Trinajstić information content (AvgIpc) is 2.60. The van der Waals surface area contributed by atoms with E-state index in [0.717, 1.165) is 22.0 Å². The zero-order valence-corrected chi connectivity index (χ0v) is 14.9. The lowest BCUT2D eigenvalue weighted by molar-refractivity contribution is -0.113. The van der Waals surface area contributed by atoms with E-state index in [1.807, 2.05) is 19.1 Å². The molecule has 0 bridgehead atoms. The normalized spacial score (nSPS) is 10.8. The Morgan fingerprint density at radius 1 is 1.28 bits per heavy atom. The van der Waals surface area contributed by atoms with Crippen LogP contribution in [0.4, 0.5) is 5.69 Å². The number of nitrogens with two attached hydrogens (primary N) is 1. The second-order valence-electron chi connectivity index (χ2n) is 5.36. The van der Waals surface area contributed by atoms with E-state index >= 15 is 0 Å². The lowest BCUT2D eigenvalue weighted by Gasteiger charge is -2.11. The fourth-order valence-electron chi connectivity index (χ4n) is 2.32. The molecule has 0 aliphatic carbocycles. The highest BCUT2D eigenvalue weighted by Gasteiger charge is 2.13. The Bertz CT molecular complexity index is 999. The topological polar surface area (TPSA) is 90.0 Å². The molecule has 0 aliphatic heterocycles. The van der Waals surface area contributed by atoms with Gasteiger partial charge in [-0.25, -0.2) is 9.66 Å². The molecule has 6 nitrogen and oxygen atoms in total. The minimum atomic E-state index is -0.351. The number of rotatable bonds is 4. The summed E-state index contributed by atoms with van der Waals surface area (Å²) >= 11 is 7.19. The Morgan fingerprint density at radius 2 is 2.04 bits per heavy atom. The highest BCUT2D eigenvalue weighted by Crippen LogP contribution is 2.25. The van der Waals surface area contributed by atoms with Gasteiger partial charge in [0.15, 0.2) is 5.16 Å². The summed E-state index contributed by atoms with van der Waals surface area (Å²) in [6, 6.07) is 12.3. The molecule has 1 heterocycles. The summed E-state index contributed by atoms with van der Waals surface area (Å²) in [5.74, 6) is 5.59. The first kappa shape index (κ1) is 17.3. The van der Waals surface area contributed by atoms with Gasteiger partial charge in [0.25, 0.3) is 5.56 Å². The van der Waals surface area contributed by atoms with Crippen molar-refractivity contribution in [2.24, 2.45) is 0 Å². The first-order valence-corrected chi connectivity index (χ1v) is 8.78. The summed E-state index contributed by atoms with van der Waals surface area (Å²) < 4.78 is 0.959. The number of benzene rings is 2. The van der Waals surface area contributed by atoms with Gasteiger partial charge in [-0.3, -0.25) is 9.59 Å². The Morgan fingerprint density at radius 3 is 2.80 bits per heavy atom. The number of nitrogens with zero attached hydrogens (tertiary/aromatic N) is 2. The van der Waals surface area contributed by atoms with Crippen molar-refractivity contribution in [1.82, 2.24) is 9.66 Å². The van der Waals surface area contributed by atoms with Crippen LogP contribution in [-0.4, -0.2) is 21.3 Å². The van der Waals surface area contributed by atoms with Crippen LogP contribution in [-0.2, 0) is 4.79 Å². The highest BCUT2D eigenvalue weighted by atomic mass is 35.5. The summed E-state index contributed by atoms with van der Waals surface area (Å²) in [5.41, 5.74) is 1.63. The van der Waals surface area contributed by atoms with Gasteiger partial charge in [-0.05, 0) is 30.7 Å². The molecular formula is C17H15ClN4O2S. The third-order valence-electron chi connectivity index (χ3n) is 3.59. The number of halogens is 1. The first-order valence-electron chi connectivity index (χ1n) is 7.42. The first-order chi connectivity index (χ1) is 12.0. The summed E-state index contributed by atoms with van der Waals surface area (Å²) in [5, 5.41) is 3.95. The van der Waals surface area contributed by atoms with Crippen LogP contribution in [0.2, 0.25) is 5.02 Å². The van der Waals surface area contributed by atoms with Gasteiger partial charge in [0.1, 0.15) is 0 Å². The smallest absolute Gasteiger partial charge is 0.280 e. The van der Waals surface area contributed by atoms with E-state index in [1.54, 1.807) is 30.3 Å². The third kappa shape index (κ3) is 3.62. The van der Waals surface area contributed by atoms with Gasteiger partial charge in [-0.1, -0.05) is 47.6 Å². The van der Waals surface area contributed by atoms with Crippen molar-refractivity contribution >= 4 is 45.9 Å². The molecule has 2 aromatic carbocycles. The molecule has 0 atom stereocenters. The van der Waals surface area contributed by atoms with E-state index in [2.05, 4.69) is 10.3 Å². The number of carbonyl (C=O) groups excluding carboxylic acids is 1. The van der Waals surface area contributed by atoms with Crippen molar-refractivity contribution in [2.45, 2.75) is 12.1 Å². The Kier molecular flexibility index (Phi) is 4.96. The molecular weight excluding hydrogens is 360 g/mol. The molecule has 3 rings (SSSR count). The molecule has 8 heteroatoms. The van der Waals surface area contributed by atoms with Gasteiger partial charge in [0, 0.05) is 0 Å². The minimum absolute atomic E-state index is 0.0483. The molecule has 3 N–H and O–H groups in total. The fourth-order valence-corrected chi connectivity index (χ4v) is 3.31. The van der Waals surface area contributed by atoms with Crippen molar-refractivity contribution in [3.05, 3.63) is 63.4 Å². The van der Waals surface area contributed by atoms with Crippen molar-refractivity contribution in [2.75, 3.05) is 16.9 Å². The number of thioether (sulfide) groups is 1. The van der Waals surface area contributed by atoms with Gasteiger partial charge < -0.3 is 11.2 Å². The van der Waals surface area contributed by atoms with Crippen LogP contribution in [0.5, 0.6) is 0 Å². The summed E-state index contributed by atoms with van der Waals surface area (Å²) in [6.07, 6.45) is 0. The summed E-state index contributed by atoms with van der Waals surface area (Å²) in [7, 11) is 0. The van der Waals surface area contributed by atoms with Crippen LogP contribution in [0.1, 0.15) is 5.56 Å². The molecule has 0 unspecified atom stereocenters. The number of nitrogens with one attached hydrogen (secondary N) is 1. The molecule has 3 aromatic rings. The maximum absolute atomic E-state index is 12.2. The van der Waals surface area contributed by atoms with Gasteiger partial charge in [-0.2, -0.15) is 0 Å². The molecule has 1 aromatic heterocycles. The highest BCUT2D eigenvalue weighted by molar-refractivity contribution is 7.99. The van der Waals surface area contributed by atoms with E-state index in [-0.39, 0.29) is 22.4 Å². The van der Waals surface area contributed by atoms with Gasteiger partial charge in [0.05, 0.1) is 27.4 Å². The number of anilines is 1. The van der Waals surface area contributed by atoms with Crippen LogP contribution in [0.3, 0.4) is 0 Å². The maximum atomic E-state index is 12.2. The van der Waals surface area contributed by atoms with Crippen LogP contribution < -0.4 is 16.7 Å². The molecule has 25 heavy (non-hydrogen) atoms. The third-order valence-corrected chi connectivity index (χ3v) is 4.86. The van der Waals surface area contributed by atoms with E-state index < -0.39 is 0 Å². The van der Waals surface area contributed by atoms with Gasteiger partial charge in [-0.15, -0.1) is 0 Å². The van der Waals surface area contributed by atoms with Crippen molar-refractivity contribution in [1.29, 1.82) is 0 Å². The SMILES string of the molecule is Cc1cccc(Cl)c1NC(=O)CSc1nc2ccccc2c(=O)n1N. The zero-order valence-electron chi connectivity index (χ0n) is 13.3. The predicted molar refractivity (Wildman–Crippen MR) is 102 cm³/mol. The number of aromatic nitrogens is 2. The number of hydrogen-bond acceptors (Lipinski definition) is 5. The predicted octanol–water partition coefficient (Wildman–Crippen LogP) is 2.80. The Labute approximate surface area is 153 Å². The van der Waals surface area contributed by atoms with E-state index in [9.17, 15) is 9.59 Å². The quantitative estimate of drug-likeness (QED) is 0.416. The Balaban J connectivity index is 1.78. The largest absolute Gasteiger partial charge is 0.334 e.